The minimum absolute atomic E-state index is 0.0473. The van der Waals surface area contributed by atoms with Gasteiger partial charge in [0.2, 0.25) is 6.79 Å². The first-order valence-electron chi connectivity index (χ1n) is 8.32. The first-order chi connectivity index (χ1) is 12.1. The number of pyridine rings is 1. The summed E-state index contributed by atoms with van der Waals surface area (Å²) in [7, 11) is 0. The van der Waals surface area contributed by atoms with Gasteiger partial charge in [0.25, 0.3) is 5.56 Å². The van der Waals surface area contributed by atoms with Gasteiger partial charge in [-0.15, -0.1) is 0 Å². The fraction of sp³-hybridized carbons (Fsp3) is 0.250. The maximum absolute atomic E-state index is 12.3. The Morgan fingerprint density at radius 3 is 2.68 bits per heavy atom. The highest BCUT2D eigenvalue weighted by Crippen LogP contribution is 2.32. The fourth-order valence-corrected chi connectivity index (χ4v) is 3.05. The molecule has 0 fully saturated rings. The Morgan fingerprint density at radius 2 is 1.80 bits per heavy atom. The Bertz CT molecular complexity index is 1010. The average Bonchev–Trinajstić information content (AvgIpc) is 3.05. The molecule has 2 heterocycles. The third-order valence-corrected chi connectivity index (χ3v) is 4.62. The van der Waals surface area contributed by atoms with E-state index in [9.17, 15) is 4.79 Å². The van der Waals surface area contributed by atoms with Gasteiger partial charge in [0.05, 0.1) is 0 Å². The standard InChI is InChI=1S/C20H20N2O3/c1-12-5-15-8-16(20(23)22-17(15)6-13(12)2)10-21-9-14-3-4-18-19(7-14)25-11-24-18/h3-8,21H,9-11H2,1-2H3,(H,22,23). The lowest BCUT2D eigenvalue weighted by Crippen LogP contribution is -2.20. The van der Waals surface area contributed by atoms with Gasteiger partial charge >= 0.3 is 0 Å². The number of aromatic nitrogens is 1. The number of nitrogens with one attached hydrogen (secondary N) is 2. The molecule has 25 heavy (non-hydrogen) atoms. The van der Waals surface area contributed by atoms with Crippen LogP contribution < -0.4 is 20.3 Å². The predicted molar refractivity (Wildman–Crippen MR) is 97.2 cm³/mol. The van der Waals surface area contributed by atoms with Crippen molar-refractivity contribution >= 4 is 10.9 Å². The molecule has 4 rings (SSSR count). The summed E-state index contributed by atoms with van der Waals surface area (Å²) in [6.07, 6.45) is 0. The topological polar surface area (TPSA) is 63.4 Å². The van der Waals surface area contributed by atoms with Gasteiger partial charge in [-0.05, 0) is 66.3 Å². The maximum atomic E-state index is 12.3. The minimum atomic E-state index is -0.0473. The van der Waals surface area contributed by atoms with E-state index in [2.05, 4.69) is 23.3 Å². The molecule has 1 aliphatic rings. The summed E-state index contributed by atoms with van der Waals surface area (Å²) < 4.78 is 10.7. The molecule has 0 radical (unpaired) electrons. The zero-order chi connectivity index (χ0) is 17.4. The third-order valence-electron chi connectivity index (χ3n) is 4.62. The van der Waals surface area contributed by atoms with Crippen molar-refractivity contribution in [2.45, 2.75) is 26.9 Å². The van der Waals surface area contributed by atoms with Crippen LogP contribution in [0.3, 0.4) is 0 Å². The van der Waals surface area contributed by atoms with Crippen LogP contribution in [0.15, 0.2) is 41.2 Å². The molecule has 3 aromatic rings. The molecule has 2 N–H and O–H groups in total. The molecule has 0 spiro atoms. The van der Waals surface area contributed by atoms with E-state index in [0.717, 1.165) is 33.5 Å². The van der Waals surface area contributed by atoms with Gasteiger partial charge in [-0.1, -0.05) is 6.07 Å². The van der Waals surface area contributed by atoms with Gasteiger partial charge in [-0.25, -0.2) is 0 Å². The van der Waals surface area contributed by atoms with Crippen molar-refractivity contribution in [1.82, 2.24) is 10.3 Å². The van der Waals surface area contributed by atoms with Gasteiger partial charge in [0.1, 0.15) is 0 Å². The lowest BCUT2D eigenvalue weighted by molar-refractivity contribution is 0.174. The van der Waals surface area contributed by atoms with Crippen LogP contribution >= 0.6 is 0 Å². The van der Waals surface area contributed by atoms with Gasteiger partial charge in [0.15, 0.2) is 11.5 Å². The summed E-state index contributed by atoms with van der Waals surface area (Å²) in [6, 6.07) is 12.0. The molecular formula is C20H20N2O3. The Labute approximate surface area is 145 Å². The van der Waals surface area contributed by atoms with Gasteiger partial charge in [-0.3, -0.25) is 4.79 Å². The van der Waals surface area contributed by atoms with E-state index in [1.165, 1.54) is 11.1 Å². The second-order valence-corrected chi connectivity index (χ2v) is 6.44. The molecule has 0 amide bonds. The second-order valence-electron chi connectivity index (χ2n) is 6.44. The van der Waals surface area contributed by atoms with Crippen LogP contribution in [-0.2, 0) is 13.1 Å². The number of hydrogen-bond acceptors (Lipinski definition) is 4. The van der Waals surface area contributed by atoms with E-state index in [4.69, 9.17) is 9.47 Å². The average molecular weight is 336 g/mol. The maximum Gasteiger partial charge on any atom is 0.252 e. The number of benzene rings is 2. The molecule has 0 saturated carbocycles. The van der Waals surface area contributed by atoms with Crippen LogP contribution in [0, 0.1) is 13.8 Å². The lowest BCUT2D eigenvalue weighted by atomic mass is 10.0. The number of ether oxygens (including phenoxy) is 2. The molecule has 2 aromatic carbocycles. The van der Waals surface area contributed by atoms with Crippen molar-refractivity contribution in [2.75, 3.05) is 6.79 Å². The Balaban J connectivity index is 1.50. The number of aryl methyl sites for hydroxylation is 2. The van der Waals surface area contributed by atoms with Crippen LogP contribution in [0.5, 0.6) is 11.5 Å². The third kappa shape index (κ3) is 3.10. The molecule has 1 aliphatic heterocycles. The van der Waals surface area contributed by atoms with E-state index in [1.54, 1.807) is 0 Å². The number of fused-ring (bicyclic) bond motifs is 2. The van der Waals surface area contributed by atoms with Gasteiger partial charge in [0, 0.05) is 24.2 Å². The smallest absolute Gasteiger partial charge is 0.252 e. The van der Waals surface area contributed by atoms with Crippen molar-refractivity contribution in [3.8, 4) is 11.5 Å². The van der Waals surface area contributed by atoms with Crippen molar-refractivity contribution in [1.29, 1.82) is 0 Å². The Hall–Kier alpha value is -2.79. The summed E-state index contributed by atoms with van der Waals surface area (Å²) in [5.74, 6) is 1.55. The largest absolute Gasteiger partial charge is 0.454 e. The molecule has 0 atom stereocenters. The fourth-order valence-electron chi connectivity index (χ4n) is 3.05. The number of rotatable bonds is 4. The van der Waals surface area contributed by atoms with E-state index < -0.39 is 0 Å². The van der Waals surface area contributed by atoms with Crippen molar-refractivity contribution in [2.24, 2.45) is 0 Å². The summed E-state index contributed by atoms with van der Waals surface area (Å²) >= 11 is 0. The van der Waals surface area contributed by atoms with Gasteiger partial charge < -0.3 is 19.8 Å². The quantitative estimate of drug-likeness (QED) is 0.768. The number of aromatic amines is 1. The normalized spacial score (nSPS) is 12.7. The first kappa shape index (κ1) is 15.7. The number of hydrogen-bond donors (Lipinski definition) is 2. The highest BCUT2D eigenvalue weighted by molar-refractivity contribution is 5.80. The van der Waals surface area contributed by atoms with Crippen LogP contribution in [0.25, 0.3) is 10.9 Å². The molecule has 1 aromatic heterocycles. The second kappa shape index (κ2) is 6.26. The summed E-state index contributed by atoms with van der Waals surface area (Å²) in [4.78, 5) is 15.3. The highest BCUT2D eigenvalue weighted by Gasteiger charge is 2.13. The molecule has 5 heteroatoms. The van der Waals surface area contributed by atoms with Crippen LogP contribution in [0.1, 0.15) is 22.3 Å². The molecule has 0 bridgehead atoms. The lowest BCUT2D eigenvalue weighted by Gasteiger charge is -2.08. The minimum Gasteiger partial charge on any atom is -0.454 e. The molecule has 5 nitrogen and oxygen atoms in total. The number of H-pyrrole nitrogens is 1. The zero-order valence-electron chi connectivity index (χ0n) is 14.3. The summed E-state index contributed by atoms with van der Waals surface area (Å²) in [5, 5.41) is 4.38. The predicted octanol–water partition coefficient (Wildman–Crippen LogP) is 3.16. The van der Waals surface area contributed by atoms with E-state index in [-0.39, 0.29) is 12.4 Å². The molecule has 0 unspecified atom stereocenters. The Morgan fingerprint density at radius 1 is 1.00 bits per heavy atom. The molecule has 0 aliphatic carbocycles. The molecular weight excluding hydrogens is 316 g/mol. The zero-order valence-corrected chi connectivity index (χ0v) is 14.3. The SMILES string of the molecule is Cc1cc2cc(CNCc3ccc4c(c3)OCO4)c(=O)[nH]c2cc1C. The summed E-state index contributed by atoms with van der Waals surface area (Å²) in [6.45, 7) is 5.57. The van der Waals surface area contributed by atoms with E-state index in [1.807, 2.05) is 37.3 Å². The Kier molecular flexibility index (Phi) is 3.93. The van der Waals surface area contributed by atoms with Crippen molar-refractivity contribution < 1.29 is 9.47 Å². The van der Waals surface area contributed by atoms with Crippen LogP contribution in [-0.4, -0.2) is 11.8 Å². The summed E-state index contributed by atoms with van der Waals surface area (Å²) in [5.41, 5.74) is 5.06. The van der Waals surface area contributed by atoms with E-state index in [0.29, 0.717) is 13.1 Å². The van der Waals surface area contributed by atoms with Crippen molar-refractivity contribution in [3.63, 3.8) is 0 Å². The molecule has 128 valence electrons. The molecule has 0 saturated heterocycles. The monoisotopic (exact) mass is 336 g/mol. The van der Waals surface area contributed by atoms with Crippen LogP contribution in [0.2, 0.25) is 0 Å². The van der Waals surface area contributed by atoms with Gasteiger partial charge in [-0.2, -0.15) is 0 Å². The van der Waals surface area contributed by atoms with Crippen LogP contribution in [0.4, 0.5) is 0 Å². The van der Waals surface area contributed by atoms with E-state index >= 15 is 0 Å². The highest BCUT2D eigenvalue weighted by atomic mass is 16.7. The van der Waals surface area contributed by atoms with Crippen molar-refractivity contribution in [3.05, 3.63) is 69.0 Å². The first-order valence-corrected chi connectivity index (χ1v) is 8.32.